The average molecular weight is 418 g/mol. The first-order valence-electron chi connectivity index (χ1n) is 11.7. The van der Waals surface area contributed by atoms with Gasteiger partial charge in [-0.2, -0.15) is 0 Å². The Kier molecular flexibility index (Phi) is 7.55. The first-order chi connectivity index (χ1) is 15.2. The zero-order valence-electron chi connectivity index (χ0n) is 18.7. The molecule has 4 heteroatoms. The summed E-state index contributed by atoms with van der Waals surface area (Å²) in [5, 5.41) is 0. The van der Waals surface area contributed by atoms with E-state index in [0.717, 1.165) is 65.2 Å². The predicted molar refractivity (Wildman–Crippen MR) is 128 cm³/mol. The van der Waals surface area contributed by atoms with Gasteiger partial charge in [0.05, 0.1) is 5.92 Å². The lowest BCUT2D eigenvalue weighted by Crippen LogP contribution is -2.52. The fraction of sp³-hybridized carbons (Fsp3) is 0.444. The van der Waals surface area contributed by atoms with Crippen molar-refractivity contribution in [2.24, 2.45) is 5.92 Å². The van der Waals surface area contributed by atoms with Gasteiger partial charge in [0.15, 0.2) is 0 Å². The lowest BCUT2D eigenvalue weighted by Gasteiger charge is -2.39. The predicted octanol–water partition coefficient (Wildman–Crippen LogP) is 4.06. The molecule has 2 fully saturated rings. The molecular weight excluding hydrogens is 382 g/mol. The summed E-state index contributed by atoms with van der Waals surface area (Å²) in [5.41, 5.74) is 3.96. The highest BCUT2D eigenvalue weighted by Crippen LogP contribution is 2.22. The molecule has 2 aromatic carbocycles. The van der Waals surface area contributed by atoms with Gasteiger partial charge in [0.1, 0.15) is 0 Å². The number of likely N-dealkylation sites (tertiary alicyclic amines) is 1. The Hall–Kier alpha value is -2.43. The fourth-order valence-electron chi connectivity index (χ4n) is 4.74. The summed E-state index contributed by atoms with van der Waals surface area (Å²) in [5.74, 6) is 0.524. The minimum atomic E-state index is 0.155. The molecule has 4 rings (SSSR count). The summed E-state index contributed by atoms with van der Waals surface area (Å²) in [4.78, 5) is 20.2. The van der Waals surface area contributed by atoms with Crippen LogP contribution in [-0.4, -0.2) is 66.4 Å². The Labute approximate surface area is 187 Å². The maximum absolute atomic E-state index is 13.2. The molecule has 1 atom stereocenters. The fourth-order valence-corrected chi connectivity index (χ4v) is 4.74. The van der Waals surface area contributed by atoms with Gasteiger partial charge in [-0.3, -0.25) is 14.6 Å². The molecule has 4 nitrogen and oxygen atoms in total. The number of carbonyl (C=O) groups is 1. The summed E-state index contributed by atoms with van der Waals surface area (Å²) in [6, 6.07) is 19.0. The van der Waals surface area contributed by atoms with Crippen LogP contribution < -0.4 is 0 Å². The van der Waals surface area contributed by atoms with E-state index in [1.807, 2.05) is 6.07 Å². The van der Waals surface area contributed by atoms with E-state index in [1.165, 1.54) is 16.7 Å². The molecule has 2 saturated heterocycles. The van der Waals surface area contributed by atoms with Crippen LogP contribution in [0.1, 0.15) is 29.5 Å². The average Bonchev–Trinajstić information content (AvgIpc) is 2.81. The second-order valence-corrected chi connectivity index (χ2v) is 8.94. The number of hydrogen-bond donors (Lipinski definition) is 0. The summed E-state index contributed by atoms with van der Waals surface area (Å²) in [7, 11) is 0. The Morgan fingerprint density at radius 1 is 0.935 bits per heavy atom. The standard InChI is InChI=1S/C27H35N3O/c1-23-9-5-6-13-25(23)21-29-16-8-14-26(22-29)27(31)30-19-17-28(18-20-30)15-7-12-24-10-3-2-4-11-24/h2-7,9-13,26H,8,14-22H2,1H3/b12-7+. The summed E-state index contributed by atoms with van der Waals surface area (Å²) < 4.78 is 0. The van der Waals surface area contributed by atoms with E-state index >= 15 is 0 Å². The smallest absolute Gasteiger partial charge is 0.227 e. The van der Waals surface area contributed by atoms with Gasteiger partial charge in [-0.15, -0.1) is 0 Å². The van der Waals surface area contributed by atoms with Gasteiger partial charge in [0, 0.05) is 45.8 Å². The molecule has 31 heavy (non-hydrogen) atoms. The molecule has 0 spiro atoms. The molecule has 1 unspecified atom stereocenters. The molecular formula is C27H35N3O. The normalized spacial score (nSPS) is 20.9. The number of amides is 1. The molecule has 2 heterocycles. The summed E-state index contributed by atoms with van der Waals surface area (Å²) in [6.45, 7) is 9.71. The SMILES string of the molecule is Cc1ccccc1CN1CCCC(C(=O)N2CCN(C/C=C/c3ccccc3)CC2)C1. The molecule has 2 aliphatic rings. The van der Waals surface area contributed by atoms with E-state index in [0.29, 0.717) is 5.91 Å². The van der Waals surface area contributed by atoms with Gasteiger partial charge in [-0.05, 0) is 43.0 Å². The van der Waals surface area contributed by atoms with Crippen LogP contribution in [0.3, 0.4) is 0 Å². The van der Waals surface area contributed by atoms with Crippen LogP contribution in [0.15, 0.2) is 60.7 Å². The van der Waals surface area contributed by atoms with Crippen molar-refractivity contribution in [1.82, 2.24) is 14.7 Å². The quantitative estimate of drug-likeness (QED) is 0.709. The van der Waals surface area contributed by atoms with Gasteiger partial charge in [-0.25, -0.2) is 0 Å². The van der Waals surface area contributed by atoms with Crippen molar-refractivity contribution >= 4 is 12.0 Å². The van der Waals surface area contributed by atoms with Crippen LogP contribution in [0.2, 0.25) is 0 Å². The van der Waals surface area contributed by atoms with Crippen molar-refractivity contribution in [1.29, 1.82) is 0 Å². The molecule has 0 aliphatic carbocycles. The van der Waals surface area contributed by atoms with Gasteiger partial charge >= 0.3 is 0 Å². The molecule has 2 aliphatic heterocycles. The van der Waals surface area contributed by atoms with Gasteiger partial charge in [-0.1, -0.05) is 66.7 Å². The molecule has 0 bridgehead atoms. The highest BCUT2D eigenvalue weighted by atomic mass is 16.2. The number of carbonyl (C=O) groups excluding carboxylic acids is 1. The topological polar surface area (TPSA) is 26.8 Å². The maximum atomic E-state index is 13.2. The van der Waals surface area contributed by atoms with Crippen LogP contribution in [0.5, 0.6) is 0 Å². The Morgan fingerprint density at radius 3 is 2.45 bits per heavy atom. The first-order valence-corrected chi connectivity index (χ1v) is 11.7. The van der Waals surface area contributed by atoms with Crippen LogP contribution in [-0.2, 0) is 11.3 Å². The molecule has 0 N–H and O–H groups in total. The zero-order valence-corrected chi connectivity index (χ0v) is 18.7. The Morgan fingerprint density at radius 2 is 1.68 bits per heavy atom. The summed E-state index contributed by atoms with van der Waals surface area (Å²) >= 11 is 0. The minimum Gasteiger partial charge on any atom is -0.340 e. The third-order valence-electron chi connectivity index (χ3n) is 6.67. The van der Waals surface area contributed by atoms with Crippen molar-refractivity contribution in [3.8, 4) is 0 Å². The van der Waals surface area contributed by atoms with Crippen LogP contribution in [0, 0.1) is 12.8 Å². The molecule has 0 radical (unpaired) electrons. The van der Waals surface area contributed by atoms with Crippen molar-refractivity contribution < 1.29 is 4.79 Å². The van der Waals surface area contributed by atoms with Gasteiger partial charge in [0.2, 0.25) is 5.91 Å². The number of benzene rings is 2. The molecule has 0 aromatic heterocycles. The molecule has 0 saturated carbocycles. The van der Waals surface area contributed by atoms with E-state index in [9.17, 15) is 4.79 Å². The lowest BCUT2D eigenvalue weighted by atomic mass is 9.95. The summed E-state index contributed by atoms with van der Waals surface area (Å²) in [6.07, 6.45) is 6.57. The van der Waals surface area contributed by atoms with E-state index in [2.05, 4.69) is 82.3 Å². The monoisotopic (exact) mass is 417 g/mol. The molecule has 1 amide bonds. The number of rotatable bonds is 6. The van der Waals surface area contributed by atoms with Crippen molar-refractivity contribution in [3.63, 3.8) is 0 Å². The Bertz CT molecular complexity index is 871. The first kappa shape index (κ1) is 21.8. The number of nitrogens with zero attached hydrogens (tertiary/aromatic N) is 3. The number of piperazine rings is 1. The number of aryl methyl sites for hydroxylation is 1. The highest BCUT2D eigenvalue weighted by molar-refractivity contribution is 5.79. The minimum absolute atomic E-state index is 0.155. The van der Waals surface area contributed by atoms with Crippen molar-refractivity contribution in [2.75, 3.05) is 45.8 Å². The van der Waals surface area contributed by atoms with Crippen LogP contribution in [0.4, 0.5) is 0 Å². The number of hydrogen-bond acceptors (Lipinski definition) is 3. The molecule has 164 valence electrons. The maximum Gasteiger partial charge on any atom is 0.227 e. The van der Waals surface area contributed by atoms with E-state index in [1.54, 1.807) is 0 Å². The number of piperidine rings is 1. The van der Waals surface area contributed by atoms with Gasteiger partial charge < -0.3 is 4.90 Å². The third kappa shape index (κ3) is 6.05. The lowest BCUT2D eigenvalue weighted by molar-refractivity contribution is -0.139. The second kappa shape index (κ2) is 10.7. The third-order valence-corrected chi connectivity index (χ3v) is 6.67. The second-order valence-electron chi connectivity index (χ2n) is 8.94. The van der Waals surface area contributed by atoms with E-state index < -0.39 is 0 Å². The largest absolute Gasteiger partial charge is 0.340 e. The zero-order chi connectivity index (χ0) is 21.5. The Balaban J connectivity index is 1.23. The molecule has 2 aromatic rings. The van der Waals surface area contributed by atoms with E-state index in [4.69, 9.17) is 0 Å². The van der Waals surface area contributed by atoms with Crippen molar-refractivity contribution in [3.05, 3.63) is 77.4 Å². The van der Waals surface area contributed by atoms with Crippen LogP contribution >= 0.6 is 0 Å². The highest BCUT2D eigenvalue weighted by Gasteiger charge is 2.30. The van der Waals surface area contributed by atoms with Crippen molar-refractivity contribution in [2.45, 2.75) is 26.3 Å². The van der Waals surface area contributed by atoms with E-state index in [-0.39, 0.29) is 5.92 Å². The van der Waals surface area contributed by atoms with Gasteiger partial charge in [0.25, 0.3) is 0 Å². The van der Waals surface area contributed by atoms with Crippen LogP contribution in [0.25, 0.3) is 6.08 Å².